The summed E-state index contributed by atoms with van der Waals surface area (Å²) < 4.78 is 0.922. The van der Waals surface area contributed by atoms with Crippen LogP contribution >= 0.6 is 15.9 Å². The van der Waals surface area contributed by atoms with E-state index in [0.717, 1.165) is 21.4 Å². The van der Waals surface area contributed by atoms with Gasteiger partial charge in [0.05, 0.1) is 4.92 Å². The van der Waals surface area contributed by atoms with E-state index in [-0.39, 0.29) is 5.69 Å². The van der Waals surface area contributed by atoms with Gasteiger partial charge in [-0.2, -0.15) is 0 Å². The smallest absolute Gasteiger partial charge is 0.269 e. The molecule has 2 aromatic rings. The number of non-ortho nitro benzene ring substituents is 1. The molecule has 0 bridgehead atoms. The number of hydrogen-bond donors (Lipinski definition) is 1. The van der Waals surface area contributed by atoms with Crippen molar-refractivity contribution in [1.29, 1.82) is 0 Å². The quantitative estimate of drug-likeness (QED) is 0.689. The molecule has 5 nitrogen and oxygen atoms in total. The van der Waals surface area contributed by atoms with E-state index < -0.39 is 4.92 Å². The van der Waals surface area contributed by atoms with Crippen LogP contribution in [0.5, 0.6) is 0 Å². The molecular formula is C13H12BrN3O2. The van der Waals surface area contributed by atoms with Crippen molar-refractivity contribution in [3.05, 3.63) is 62.2 Å². The zero-order valence-corrected chi connectivity index (χ0v) is 11.8. The highest BCUT2D eigenvalue weighted by Gasteiger charge is 2.06. The lowest BCUT2D eigenvalue weighted by Crippen LogP contribution is -2.03. The Kier molecular flexibility index (Phi) is 4.11. The summed E-state index contributed by atoms with van der Waals surface area (Å²) in [4.78, 5) is 14.5. The van der Waals surface area contributed by atoms with Crippen molar-refractivity contribution >= 4 is 27.4 Å². The Morgan fingerprint density at radius 1 is 1.42 bits per heavy atom. The number of nitrogens with zero attached hydrogens (tertiary/aromatic N) is 2. The van der Waals surface area contributed by atoms with Gasteiger partial charge in [-0.05, 0) is 40.0 Å². The lowest BCUT2D eigenvalue weighted by Gasteiger charge is -2.08. The number of hydrogen-bond acceptors (Lipinski definition) is 4. The molecular weight excluding hydrogens is 310 g/mol. The second-order valence-corrected chi connectivity index (χ2v) is 5.02. The third-order valence-corrected chi connectivity index (χ3v) is 3.06. The molecule has 0 aliphatic heterocycles. The summed E-state index contributed by atoms with van der Waals surface area (Å²) in [6.07, 6.45) is 1.71. The molecule has 0 saturated heterocycles. The van der Waals surface area contributed by atoms with E-state index in [9.17, 15) is 10.1 Å². The number of halogens is 1. The first kappa shape index (κ1) is 13.5. The number of pyridine rings is 1. The predicted molar refractivity (Wildman–Crippen MR) is 77.1 cm³/mol. The van der Waals surface area contributed by atoms with Crippen LogP contribution in [0.2, 0.25) is 0 Å². The fraction of sp³-hybridized carbons (Fsp3) is 0.154. The molecule has 6 heteroatoms. The molecule has 98 valence electrons. The lowest BCUT2D eigenvalue weighted by molar-refractivity contribution is -0.384. The molecule has 0 unspecified atom stereocenters. The molecule has 2 rings (SSSR count). The number of nitro groups is 1. The van der Waals surface area contributed by atoms with Gasteiger partial charge in [-0.15, -0.1) is 0 Å². The number of aromatic nitrogens is 1. The van der Waals surface area contributed by atoms with Crippen LogP contribution in [0, 0.1) is 17.0 Å². The molecule has 0 amide bonds. The van der Waals surface area contributed by atoms with Crippen LogP contribution in [0.3, 0.4) is 0 Å². The van der Waals surface area contributed by atoms with Crippen LogP contribution in [-0.2, 0) is 6.54 Å². The van der Waals surface area contributed by atoms with Crippen LogP contribution in [0.4, 0.5) is 11.5 Å². The molecule has 0 fully saturated rings. The molecule has 1 aromatic carbocycles. The summed E-state index contributed by atoms with van der Waals surface area (Å²) in [7, 11) is 0. The maximum absolute atomic E-state index is 10.7. The number of nitrogens with one attached hydrogen (secondary N) is 1. The molecule has 1 aromatic heterocycles. The second-order valence-electron chi connectivity index (χ2n) is 4.10. The summed E-state index contributed by atoms with van der Waals surface area (Å²) in [6.45, 7) is 2.45. The van der Waals surface area contributed by atoms with Crippen molar-refractivity contribution in [2.75, 3.05) is 5.32 Å². The predicted octanol–water partition coefficient (Wildman–Crippen LogP) is 3.67. The molecule has 0 atom stereocenters. The van der Waals surface area contributed by atoms with Crippen LogP contribution in [0.25, 0.3) is 0 Å². The Balaban J connectivity index is 2.10. The van der Waals surface area contributed by atoms with Gasteiger partial charge < -0.3 is 5.32 Å². The third-order valence-electron chi connectivity index (χ3n) is 2.63. The van der Waals surface area contributed by atoms with Gasteiger partial charge >= 0.3 is 0 Å². The third kappa shape index (κ3) is 3.51. The molecule has 1 heterocycles. The largest absolute Gasteiger partial charge is 0.366 e. The minimum atomic E-state index is -0.396. The number of benzene rings is 1. The fourth-order valence-corrected chi connectivity index (χ4v) is 2.14. The molecule has 19 heavy (non-hydrogen) atoms. The van der Waals surface area contributed by atoms with Crippen molar-refractivity contribution < 1.29 is 4.92 Å². The maximum atomic E-state index is 10.7. The van der Waals surface area contributed by atoms with Crippen LogP contribution in [0.1, 0.15) is 11.1 Å². The van der Waals surface area contributed by atoms with E-state index in [0.29, 0.717) is 6.54 Å². The van der Waals surface area contributed by atoms with Crippen LogP contribution in [-0.4, -0.2) is 9.91 Å². The van der Waals surface area contributed by atoms with Gasteiger partial charge in [-0.3, -0.25) is 10.1 Å². The van der Waals surface area contributed by atoms with Gasteiger partial charge in [0.1, 0.15) is 5.82 Å². The van der Waals surface area contributed by atoms with Gasteiger partial charge in [0.25, 0.3) is 5.69 Å². The van der Waals surface area contributed by atoms with Gasteiger partial charge in [0.15, 0.2) is 0 Å². The number of anilines is 1. The summed E-state index contributed by atoms with van der Waals surface area (Å²) in [5, 5.41) is 13.9. The number of rotatable bonds is 4. The number of nitro benzene ring substituents is 1. The molecule has 1 N–H and O–H groups in total. The highest BCUT2D eigenvalue weighted by atomic mass is 79.9. The van der Waals surface area contributed by atoms with Gasteiger partial charge in [-0.1, -0.05) is 12.1 Å². The topological polar surface area (TPSA) is 68.1 Å². The number of aryl methyl sites for hydroxylation is 1. The van der Waals surface area contributed by atoms with E-state index in [1.807, 2.05) is 19.1 Å². The first-order chi connectivity index (χ1) is 9.06. The standard InChI is InChI=1S/C13H12BrN3O2/c1-9-5-11(14)8-16-13(9)15-7-10-3-2-4-12(6-10)17(18)19/h2-6,8H,7H2,1H3,(H,15,16). The Hall–Kier alpha value is -1.95. The molecule has 0 spiro atoms. The van der Waals surface area contributed by atoms with Crippen molar-refractivity contribution in [2.24, 2.45) is 0 Å². The second kappa shape index (κ2) is 5.79. The van der Waals surface area contributed by atoms with E-state index in [1.165, 1.54) is 6.07 Å². The van der Waals surface area contributed by atoms with E-state index in [1.54, 1.807) is 18.3 Å². The van der Waals surface area contributed by atoms with Crippen molar-refractivity contribution in [2.45, 2.75) is 13.5 Å². The maximum Gasteiger partial charge on any atom is 0.269 e. The zero-order valence-electron chi connectivity index (χ0n) is 10.3. The van der Waals surface area contributed by atoms with Crippen molar-refractivity contribution in [3.63, 3.8) is 0 Å². The van der Waals surface area contributed by atoms with E-state index >= 15 is 0 Å². The first-order valence-electron chi connectivity index (χ1n) is 5.65. The van der Waals surface area contributed by atoms with E-state index in [2.05, 4.69) is 26.2 Å². The van der Waals surface area contributed by atoms with E-state index in [4.69, 9.17) is 0 Å². The highest BCUT2D eigenvalue weighted by Crippen LogP contribution is 2.18. The minimum absolute atomic E-state index is 0.0970. The average Bonchev–Trinajstić information content (AvgIpc) is 2.38. The van der Waals surface area contributed by atoms with Gasteiger partial charge in [0.2, 0.25) is 0 Å². The Morgan fingerprint density at radius 2 is 2.21 bits per heavy atom. The zero-order chi connectivity index (χ0) is 13.8. The Labute approximate surface area is 119 Å². The van der Waals surface area contributed by atoms with Crippen LogP contribution in [0.15, 0.2) is 41.0 Å². The fourth-order valence-electron chi connectivity index (χ4n) is 1.69. The summed E-state index contributed by atoms with van der Waals surface area (Å²) >= 11 is 3.35. The SMILES string of the molecule is Cc1cc(Br)cnc1NCc1cccc([N+](=O)[O-])c1. The summed E-state index contributed by atoms with van der Waals surface area (Å²) in [6, 6.07) is 8.52. The monoisotopic (exact) mass is 321 g/mol. The molecule has 0 aliphatic carbocycles. The first-order valence-corrected chi connectivity index (χ1v) is 6.45. The highest BCUT2D eigenvalue weighted by molar-refractivity contribution is 9.10. The van der Waals surface area contributed by atoms with Crippen molar-refractivity contribution in [1.82, 2.24) is 4.98 Å². The summed E-state index contributed by atoms with van der Waals surface area (Å²) in [5.41, 5.74) is 1.96. The van der Waals surface area contributed by atoms with Gasteiger partial charge in [-0.25, -0.2) is 4.98 Å². The Morgan fingerprint density at radius 3 is 2.89 bits per heavy atom. The molecule has 0 saturated carbocycles. The average molecular weight is 322 g/mol. The van der Waals surface area contributed by atoms with Crippen LogP contribution < -0.4 is 5.32 Å². The summed E-state index contributed by atoms with van der Waals surface area (Å²) in [5.74, 6) is 0.773. The van der Waals surface area contributed by atoms with Crippen molar-refractivity contribution in [3.8, 4) is 0 Å². The molecule has 0 aliphatic rings. The molecule has 0 radical (unpaired) electrons. The normalized spacial score (nSPS) is 10.2. The van der Waals surface area contributed by atoms with Gasteiger partial charge in [0, 0.05) is 29.3 Å². The Bertz CT molecular complexity index is 617. The minimum Gasteiger partial charge on any atom is -0.366 e. The lowest BCUT2D eigenvalue weighted by atomic mass is 10.2.